The van der Waals surface area contributed by atoms with Gasteiger partial charge in [0.25, 0.3) is 6.29 Å². The maximum atomic E-state index is 11.8. The lowest BCUT2D eigenvalue weighted by Crippen LogP contribution is -2.20. The fourth-order valence-electron chi connectivity index (χ4n) is 6.11. The molecule has 0 radical (unpaired) electrons. The minimum absolute atomic E-state index is 0.0958. The van der Waals surface area contributed by atoms with Gasteiger partial charge in [-0.3, -0.25) is 0 Å². The second-order valence-corrected chi connectivity index (χ2v) is 15.0. The molecule has 12 heterocycles. The number of aryl methyl sites for hydroxylation is 3. The number of carboxylic acid groups (broad SMARTS) is 2. The molecule has 2 unspecified atom stereocenters. The van der Waals surface area contributed by atoms with Crippen LogP contribution >= 0.6 is 11.6 Å². The number of carbonyl (C=O) groups excluding carboxylic acids is 4. The summed E-state index contributed by atoms with van der Waals surface area (Å²) in [5.74, 6) is -2.89. The molecule has 0 aromatic carbocycles. The third kappa shape index (κ3) is 13.4. The molecule has 2 fully saturated rings. The summed E-state index contributed by atoms with van der Waals surface area (Å²) in [7, 11) is 0. The SMILES string of the molecule is CCc1oc(=O)oc1C.Cc1oc(=O)oc1COC(=O)c1cc2occc2[nH]1.O=C(O)c1cc2occc2[nH]1.O=C(O)c1cc2occc2[nH]1.O=C1OCC(Cl)O1.O=C1OCC(OC(=O)c2cc3occc3[nH]2)O1. The molecule has 10 aromatic rings. The van der Waals surface area contributed by atoms with Crippen molar-refractivity contribution in [2.24, 2.45) is 0 Å². The maximum absolute atomic E-state index is 11.8. The standard InChI is InChI=1S/C12H9NO6.C10H7NO6.2C7H5NO3.C6H8O3.C3H3ClO3/c1-6-10(19-12(15)18-6)5-17-11(14)8-4-9-7(13-8)2-3-16-9;12-9(16-8-4-15-10(13)17-8)6-3-7-5(11-6)1-2-14-7;2*9-7(10)5-3-6-4(8-5)1-2-11-6;1-3-5-4(2)8-6(7)9-5;4-2-1-6-3(5)7-2/h2-4,13H,5H2,1H3;1-3,8,11H,4H2;2*1-3,8H,(H,9,10);3H2,1-2H3;2H,1H2. The summed E-state index contributed by atoms with van der Waals surface area (Å²) in [6.07, 6.45) is 4.22. The lowest BCUT2D eigenvalue weighted by Gasteiger charge is -2.06. The number of aromatic carboxylic acids is 2. The Labute approximate surface area is 413 Å². The summed E-state index contributed by atoms with van der Waals surface area (Å²) in [5, 5.41) is 17.1. The summed E-state index contributed by atoms with van der Waals surface area (Å²) in [4.78, 5) is 96.9. The molecule has 0 saturated carbocycles. The minimum atomic E-state index is -0.996. The first kappa shape index (κ1) is 51.8. The number of fused-ring (bicyclic) bond motifs is 4. The third-order valence-electron chi connectivity index (χ3n) is 9.55. The molecule has 0 bridgehead atoms. The van der Waals surface area contributed by atoms with Gasteiger partial charge in [-0.25, -0.2) is 38.4 Å². The van der Waals surface area contributed by atoms with Gasteiger partial charge in [0.05, 0.1) is 47.1 Å². The molecule has 0 spiro atoms. The Morgan fingerprint density at radius 1 is 0.581 bits per heavy atom. The van der Waals surface area contributed by atoms with Crippen LogP contribution in [0.2, 0.25) is 0 Å². The minimum Gasteiger partial charge on any atom is -0.477 e. The summed E-state index contributed by atoms with van der Waals surface area (Å²) in [6, 6.07) is 12.7. The van der Waals surface area contributed by atoms with Gasteiger partial charge in [-0.05, 0) is 13.8 Å². The van der Waals surface area contributed by atoms with Gasteiger partial charge < -0.3 is 93.9 Å². The number of esters is 2. The monoisotopic (exact) mass is 1050 g/mol. The van der Waals surface area contributed by atoms with Crippen LogP contribution in [0.5, 0.6) is 0 Å². The van der Waals surface area contributed by atoms with Crippen molar-refractivity contribution in [2.75, 3.05) is 13.2 Å². The van der Waals surface area contributed by atoms with Crippen molar-refractivity contribution >= 4 is 92.2 Å². The molecular formula is C45H37ClN4O24. The van der Waals surface area contributed by atoms with Gasteiger partial charge >= 0.3 is 47.8 Å². The number of ether oxygens (including phenoxy) is 6. The molecule has 0 aliphatic carbocycles. The number of alkyl halides is 1. The molecule has 74 heavy (non-hydrogen) atoms. The number of H-pyrrole nitrogens is 4. The molecular weight excluding hydrogens is 1020 g/mol. The number of nitrogens with one attached hydrogen (secondary N) is 4. The van der Waals surface area contributed by atoms with Crippen LogP contribution < -0.4 is 11.6 Å². The van der Waals surface area contributed by atoms with E-state index in [0.717, 1.165) is 0 Å². The molecule has 0 amide bonds. The van der Waals surface area contributed by atoms with Gasteiger partial charge in [0.2, 0.25) is 5.56 Å². The normalized spacial score (nSPS) is 14.3. The Hall–Kier alpha value is -9.99. The van der Waals surface area contributed by atoms with Crippen molar-refractivity contribution in [1.82, 2.24) is 19.9 Å². The van der Waals surface area contributed by atoms with Gasteiger partial charge in [0.15, 0.2) is 47.1 Å². The third-order valence-corrected chi connectivity index (χ3v) is 9.76. The number of carboxylic acids is 2. The number of hydrogen-bond donors (Lipinski definition) is 6. The Morgan fingerprint density at radius 3 is 1.31 bits per heavy atom. The number of hydrogen-bond acceptors (Lipinski definition) is 22. The van der Waals surface area contributed by atoms with E-state index in [9.17, 15) is 38.4 Å². The first-order valence-electron chi connectivity index (χ1n) is 21.0. The second-order valence-electron chi connectivity index (χ2n) is 14.5. The highest BCUT2D eigenvalue weighted by Crippen LogP contribution is 2.20. The number of halogens is 1. The topological polar surface area (TPSA) is 401 Å². The fourth-order valence-corrected chi connectivity index (χ4v) is 6.25. The van der Waals surface area contributed by atoms with Crippen molar-refractivity contribution in [3.8, 4) is 0 Å². The van der Waals surface area contributed by atoms with Crippen molar-refractivity contribution in [3.05, 3.63) is 141 Å². The molecule has 10 aromatic heterocycles. The van der Waals surface area contributed by atoms with Gasteiger partial charge in [-0.1, -0.05) is 18.5 Å². The molecule has 388 valence electrons. The molecule has 6 N–H and O–H groups in total. The van der Waals surface area contributed by atoms with Crippen LogP contribution in [0, 0.1) is 13.8 Å². The Balaban J connectivity index is 0.000000134. The van der Waals surface area contributed by atoms with Crippen molar-refractivity contribution in [2.45, 2.75) is 45.7 Å². The predicted molar refractivity (Wildman–Crippen MR) is 242 cm³/mol. The lowest BCUT2D eigenvalue weighted by atomic mass is 10.3. The first-order valence-corrected chi connectivity index (χ1v) is 21.5. The van der Waals surface area contributed by atoms with E-state index in [1.165, 1.54) is 49.3 Å². The van der Waals surface area contributed by atoms with E-state index < -0.39 is 59.7 Å². The number of furan rings is 4. The van der Waals surface area contributed by atoms with Crippen LogP contribution in [-0.2, 0) is 41.4 Å². The predicted octanol–water partition coefficient (Wildman–Crippen LogP) is 8.12. The van der Waals surface area contributed by atoms with E-state index in [-0.39, 0.29) is 54.1 Å². The van der Waals surface area contributed by atoms with E-state index in [2.05, 4.69) is 52.1 Å². The largest absolute Gasteiger partial charge is 0.519 e. The summed E-state index contributed by atoms with van der Waals surface area (Å²) in [5.41, 5.74) is 5.30. The van der Waals surface area contributed by atoms with Crippen molar-refractivity contribution in [3.63, 3.8) is 0 Å². The summed E-state index contributed by atoms with van der Waals surface area (Å²) in [6.45, 7) is 5.07. The fraction of sp³-hybridized carbons (Fsp3) is 0.200. The zero-order chi connectivity index (χ0) is 53.1. The van der Waals surface area contributed by atoms with Crippen LogP contribution in [0.4, 0.5) is 9.59 Å². The van der Waals surface area contributed by atoms with Crippen molar-refractivity contribution in [1.29, 1.82) is 0 Å². The van der Waals surface area contributed by atoms with E-state index in [1.807, 2.05) is 6.92 Å². The molecule has 29 heteroatoms. The maximum Gasteiger partial charge on any atom is 0.519 e. The Bertz CT molecular complexity index is 3470. The van der Waals surface area contributed by atoms with Crippen LogP contribution in [0.1, 0.15) is 71.9 Å². The van der Waals surface area contributed by atoms with Gasteiger partial charge in [-0.2, -0.15) is 0 Å². The highest BCUT2D eigenvalue weighted by molar-refractivity contribution is 6.20. The highest BCUT2D eigenvalue weighted by Gasteiger charge is 2.29. The second kappa shape index (κ2) is 23.3. The zero-order valence-electron chi connectivity index (χ0n) is 38.2. The van der Waals surface area contributed by atoms with Gasteiger partial charge in [0, 0.05) is 55.0 Å². The van der Waals surface area contributed by atoms with Crippen LogP contribution in [0.25, 0.3) is 44.4 Å². The van der Waals surface area contributed by atoms with E-state index in [0.29, 0.717) is 62.3 Å². The van der Waals surface area contributed by atoms with Crippen LogP contribution in [0.3, 0.4) is 0 Å². The molecule has 12 rings (SSSR count). The van der Waals surface area contributed by atoms with Gasteiger partial charge in [-0.15, -0.1) is 0 Å². The van der Waals surface area contributed by atoms with Gasteiger partial charge in [0.1, 0.15) is 40.9 Å². The molecule has 2 saturated heterocycles. The summed E-state index contributed by atoms with van der Waals surface area (Å²) >= 11 is 5.24. The number of carbonyl (C=O) groups is 6. The number of rotatable bonds is 8. The average molecular weight is 1050 g/mol. The van der Waals surface area contributed by atoms with Crippen LogP contribution in [-0.4, -0.2) is 91.4 Å². The van der Waals surface area contributed by atoms with E-state index in [1.54, 1.807) is 38.1 Å². The van der Waals surface area contributed by atoms with Crippen molar-refractivity contribution < 1.29 is 103 Å². The number of cyclic esters (lactones) is 4. The smallest absolute Gasteiger partial charge is 0.477 e. The number of aromatic amines is 4. The molecule has 2 atom stereocenters. The van der Waals surface area contributed by atoms with E-state index >= 15 is 0 Å². The molecule has 2 aliphatic heterocycles. The number of aromatic nitrogens is 4. The quantitative estimate of drug-likeness (QED) is 0.0475. The van der Waals surface area contributed by atoms with E-state index in [4.69, 9.17) is 53.4 Å². The van der Waals surface area contributed by atoms with Crippen LogP contribution in [0.15, 0.2) is 119 Å². The summed E-state index contributed by atoms with van der Waals surface area (Å²) < 4.78 is 66.2. The Kier molecular flexibility index (Phi) is 16.3. The molecule has 2 aliphatic rings. The first-order chi connectivity index (χ1) is 35.4. The zero-order valence-corrected chi connectivity index (χ0v) is 38.9. The molecule has 28 nitrogen and oxygen atoms in total. The lowest BCUT2D eigenvalue weighted by molar-refractivity contribution is -0.0468. The average Bonchev–Trinajstić information content (AvgIpc) is 4.15. The Morgan fingerprint density at radius 2 is 0.986 bits per heavy atom. The highest BCUT2D eigenvalue weighted by atomic mass is 35.5.